The van der Waals surface area contributed by atoms with Crippen LogP contribution in [0.1, 0.15) is 13.8 Å². The summed E-state index contributed by atoms with van der Waals surface area (Å²) >= 11 is 8.61. The molecule has 76 valence electrons. The molecule has 1 aliphatic heterocycles. The molecule has 0 aliphatic carbocycles. The van der Waals surface area contributed by atoms with Crippen molar-refractivity contribution in [2.24, 2.45) is 4.40 Å². The van der Waals surface area contributed by atoms with Gasteiger partial charge in [0, 0.05) is 18.0 Å². The Kier molecular flexibility index (Phi) is 2.85. The van der Waals surface area contributed by atoms with Crippen molar-refractivity contribution < 1.29 is 0 Å². The molecule has 0 amide bonds. The Hall–Kier alpha value is -0.460. The average molecular weight is 249 g/mol. The number of anilines is 1. The van der Waals surface area contributed by atoms with Crippen LogP contribution in [0.5, 0.6) is 0 Å². The number of hydrogen-bond acceptors (Lipinski definition) is 6. The van der Waals surface area contributed by atoms with Gasteiger partial charge in [0.2, 0.25) is 5.96 Å². The summed E-state index contributed by atoms with van der Waals surface area (Å²) in [5, 5.41) is 6.25. The van der Waals surface area contributed by atoms with Crippen molar-refractivity contribution in [3.8, 4) is 0 Å². The first-order valence-corrected chi connectivity index (χ1v) is 6.07. The SMILES string of the molecule is CC(C)NC1=NSc2sc(Cl)nc2N1. The molecule has 7 heteroatoms. The van der Waals surface area contributed by atoms with Crippen molar-refractivity contribution in [2.75, 3.05) is 5.32 Å². The summed E-state index contributed by atoms with van der Waals surface area (Å²) in [6.07, 6.45) is 0. The minimum atomic E-state index is 0.345. The van der Waals surface area contributed by atoms with Gasteiger partial charge in [-0.3, -0.25) is 0 Å². The van der Waals surface area contributed by atoms with Gasteiger partial charge in [-0.05, 0) is 13.8 Å². The number of aromatic nitrogens is 1. The lowest BCUT2D eigenvalue weighted by atomic mass is 10.4. The molecule has 2 heterocycles. The molecule has 4 nitrogen and oxygen atoms in total. The van der Waals surface area contributed by atoms with E-state index in [1.54, 1.807) is 0 Å². The van der Waals surface area contributed by atoms with Gasteiger partial charge in [-0.1, -0.05) is 22.9 Å². The van der Waals surface area contributed by atoms with Crippen molar-refractivity contribution in [3.05, 3.63) is 4.47 Å². The van der Waals surface area contributed by atoms with Gasteiger partial charge in [0.05, 0.1) is 0 Å². The zero-order valence-electron chi connectivity index (χ0n) is 7.67. The highest BCUT2D eigenvalue weighted by Gasteiger charge is 2.17. The molecule has 1 aromatic heterocycles. The van der Waals surface area contributed by atoms with Crippen LogP contribution in [0.15, 0.2) is 8.61 Å². The van der Waals surface area contributed by atoms with Gasteiger partial charge in [-0.15, -0.1) is 0 Å². The van der Waals surface area contributed by atoms with Crippen molar-refractivity contribution in [1.82, 2.24) is 10.3 Å². The fourth-order valence-corrected chi connectivity index (χ4v) is 2.87. The van der Waals surface area contributed by atoms with Crippen LogP contribution in [-0.2, 0) is 0 Å². The van der Waals surface area contributed by atoms with Gasteiger partial charge in [0.1, 0.15) is 4.21 Å². The van der Waals surface area contributed by atoms with E-state index in [0.717, 1.165) is 16.0 Å². The lowest BCUT2D eigenvalue weighted by Gasteiger charge is -2.16. The van der Waals surface area contributed by atoms with Crippen LogP contribution in [0.4, 0.5) is 5.82 Å². The molecule has 0 bridgehead atoms. The van der Waals surface area contributed by atoms with Crippen LogP contribution in [0.25, 0.3) is 0 Å². The summed E-state index contributed by atoms with van der Waals surface area (Å²) in [5.41, 5.74) is 0. The number of halogens is 1. The maximum Gasteiger partial charge on any atom is 0.209 e. The Balaban J connectivity index is 2.12. The molecular formula is C7H9ClN4S2. The van der Waals surface area contributed by atoms with Gasteiger partial charge < -0.3 is 10.6 Å². The summed E-state index contributed by atoms with van der Waals surface area (Å²) in [5.74, 6) is 1.53. The van der Waals surface area contributed by atoms with Gasteiger partial charge in [-0.25, -0.2) is 4.98 Å². The molecule has 0 atom stereocenters. The number of fused-ring (bicyclic) bond motifs is 1. The van der Waals surface area contributed by atoms with Crippen LogP contribution in [-0.4, -0.2) is 17.0 Å². The molecule has 0 radical (unpaired) electrons. The minimum absolute atomic E-state index is 0.345. The Morgan fingerprint density at radius 1 is 1.50 bits per heavy atom. The summed E-state index contributed by atoms with van der Waals surface area (Å²) in [7, 11) is 0. The van der Waals surface area contributed by atoms with Crippen LogP contribution < -0.4 is 10.6 Å². The Morgan fingerprint density at radius 3 is 3.00 bits per heavy atom. The predicted molar refractivity (Wildman–Crippen MR) is 62.3 cm³/mol. The van der Waals surface area contributed by atoms with Crippen LogP contribution in [0, 0.1) is 0 Å². The third kappa shape index (κ3) is 2.13. The second-order valence-electron chi connectivity index (χ2n) is 3.06. The van der Waals surface area contributed by atoms with E-state index < -0.39 is 0 Å². The molecule has 0 saturated heterocycles. The van der Waals surface area contributed by atoms with E-state index in [4.69, 9.17) is 11.6 Å². The van der Waals surface area contributed by atoms with E-state index >= 15 is 0 Å². The lowest BCUT2D eigenvalue weighted by molar-refractivity contribution is 0.732. The molecule has 0 fully saturated rings. The lowest BCUT2D eigenvalue weighted by Crippen LogP contribution is -2.36. The zero-order valence-corrected chi connectivity index (χ0v) is 10.1. The Labute approximate surface area is 95.3 Å². The quantitative estimate of drug-likeness (QED) is 0.750. The van der Waals surface area contributed by atoms with E-state index in [-0.39, 0.29) is 0 Å². The smallest absolute Gasteiger partial charge is 0.209 e. The standard InChI is InChI=1S/C7H9ClN4S2/c1-3(2)9-7-11-4-5(14-12-7)13-6(8)10-4/h3H,1-2H3,(H2,9,11,12). The molecule has 0 saturated carbocycles. The minimum Gasteiger partial charge on any atom is -0.353 e. The molecule has 1 aromatic rings. The van der Waals surface area contributed by atoms with Gasteiger partial charge in [0.15, 0.2) is 10.3 Å². The fraction of sp³-hybridized carbons (Fsp3) is 0.429. The molecular weight excluding hydrogens is 240 g/mol. The summed E-state index contributed by atoms with van der Waals surface area (Å²) < 4.78 is 5.79. The number of nitrogens with one attached hydrogen (secondary N) is 2. The molecule has 0 aromatic carbocycles. The van der Waals surface area contributed by atoms with Crippen molar-refractivity contribution in [3.63, 3.8) is 0 Å². The van der Waals surface area contributed by atoms with E-state index in [2.05, 4.69) is 33.9 Å². The topological polar surface area (TPSA) is 49.3 Å². The highest BCUT2D eigenvalue weighted by molar-refractivity contribution is 8.00. The second-order valence-corrected chi connectivity index (χ2v) is 5.67. The molecule has 1 aliphatic rings. The van der Waals surface area contributed by atoms with E-state index in [1.165, 1.54) is 23.3 Å². The third-order valence-corrected chi connectivity index (χ3v) is 3.51. The van der Waals surface area contributed by atoms with Crippen LogP contribution >= 0.6 is 34.9 Å². The summed E-state index contributed by atoms with van der Waals surface area (Å²) in [4.78, 5) is 4.14. The maximum atomic E-state index is 5.79. The number of thiazole rings is 1. The van der Waals surface area contributed by atoms with Crippen molar-refractivity contribution in [2.45, 2.75) is 24.1 Å². The maximum absolute atomic E-state index is 5.79. The summed E-state index contributed by atoms with van der Waals surface area (Å²) in [6.45, 7) is 4.11. The highest BCUT2D eigenvalue weighted by atomic mass is 35.5. The van der Waals surface area contributed by atoms with Crippen LogP contribution in [0.2, 0.25) is 4.47 Å². The normalized spacial score (nSPS) is 14.7. The van der Waals surface area contributed by atoms with Crippen LogP contribution in [0.3, 0.4) is 0 Å². The van der Waals surface area contributed by atoms with E-state index in [1.807, 2.05) is 0 Å². The highest BCUT2D eigenvalue weighted by Crippen LogP contribution is 2.38. The van der Waals surface area contributed by atoms with Gasteiger partial charge in [-0.2, -0.15) is 4.40 Å². The van der Waals surface area contributed by atoms with Crippen molar-refractivity contribution >= 4 is 46.7 Å². The zero-order chi connectivity index (χ0) is 10.1. The molecule has 0 spiro atoms. The number of hydrogen-bond donors (Lipinski definition) is 2. The first-order chi connectivity index (χ1) is 6.65. The van der Waals surface area contributed by atoms with E-state index in [9.17, 15) is 0 Å². The predicted octanol–water partition coefficient (Wildman–Crippen LogP) is 2.58. The average Bonchev–Trinajstić information content (AvgIpc) is 2.42. The van der Waals surface area contributed by atoms with Crippen molar-refractivity contribution in [1.29, 1.82) is 0 Å². The first kappa shape index (κ1) is 10.1. The van der Waals surface area contributed by atoms with Gasteiger partial charge >= 0.3 is 0 Å². The number of rotatable bonds is 1. The van der Waals surface area contributed by atoms with Gasteiger partial charge in [0.25, 0.3) is 0 Å². The Bertz CT molecular complexity index is 374. The molecule has 14 heavy (non-hydrogen) atoms. The second kappa shape index (κ2) is 3.96. The third-order valence-electron chi connectivity index (χ3n) is 1.45. The number of guanidine groups is 1. The summed E-state index contributed by atoms with van der Waals surface area (Å²) in [6, 6.07) is 0.345. The van der Waals surface area contributed by atoms with E-state index in [0.29, 0.717) is 10.5 Å². The first-order valence-electron chi connectivity index (χ1n) is 4.10. The largest absolute Gasteiger partial charge is 0.353 e. The fourth-order valence-electron chi connectivity index (χ4n) is 0.980. The Morgan fingerprint density at radius 2 is 2.29 bits per heavy atom. The molecule has 0 unspecified atom stereocenters. The molecule has 2 N–H and O–H groups in total. The monoisotopic (exact) mass is 248 g/mol. The number of nitrogens with zero attached hydrogens (tertiary/aromatic N) is 2. The molecule has 2 rings (SSSR count).